The topological polar surface area (TPSA) is 52.3 Å². The number of halogens is 2. The summed E-state index contributed by atoms with van der Waals surface area (Å²) in [5.41, 5.74) is 8.01. The third-order valence-electron chi connectivity index (χ3n) is 3.87. The third-order valence-corrected chi connectivity index (χ3v) is 3.87. The van der Waals surface area contributed by atoms with Crippen LogP contribution in [-0.4, -0.2) is 12.9 Å². The summed E-state index contributed by atoms with van der Waals surface area (Å²) in [6.45, 7) is 0. The SMILES string of the molecule is COc1ccc(C(=O)c2ccc(N)cc2)cc1-c1ccc(F)c(F)c1. The molecule has 0 radical (unpaired) electrons. The van der Waals surface area contributed by atoms with E-state index in [9.17, 15) is 13.6 Å². The number of anilines is 1. The minimum Gasteiger partial charge on any atom is -0.496 e. The molecule has 0 aliphatic heterocycles. The van der Waals surface area contributed by atoms with Crippen molar-refractivity contribution in [1.29, 1.82) is 0 Å². The Balaban J connectivity index is 2.06. The molecule has 0 bridgehead atoms. The monoisotopic (exact) mass is 339 g/mol. The largest absolute Gasteiger partial charge is 0.496 e. The van der Waals surface area contributed by atoms with E-state index < -0.39 is 11.6 Å². The maximum Gasteiger partial charge on any atom is 0.193 e. The van der Waals surface area contributed by atoms with E-state index in [1.807, 2.05) is 0 Å². The number of ketones is 1. The van der Waals surface area contributed by atoms with Gasteiger partial charge in [0.1, 0.15) is 5.75 Å². The first-order chi connectivity index (χ1) is 12.0. The van der Waals surface area contributed by atoms with E-state index in [2.05, 4.69) is 0 Å². The van der Waals surface area contributed by atoms with Crippen LogP contribution in [0.2, 0.25) is 0 Å². The van der Waals surface area contributed by atoms with E-state index in [-0.39, 0.29) is 5.78 Å². The Morgan fingerprint density at radius 1 is 0.880 bits per heavy atom. The molecule has 25 heavy (non-hydrogen) atoms. The van der Waals surface area contributed by atoms with Crippen LogP contribution >= 0.6 is 0 Å². The van der Waals surface area contributed by atoms with Crippen LogP contribution in [0.5, 0.6) is 5.75 Å². The lowest BCUT2D eigenvalue weighted by molar-refractivity contribution is 0.103. The normalized spacial score (nSPS) is 10.5. The quantitative estimate of drug-likeness (QED) is 0.564. The zero-order chi connectivity index (χ0) is 18.0. The average molecular weight is 339 g/mol. The standard InChI is InChI=1S/C20H15F2NO2/c1-25-19-9-5-14(20(24)12-2-6-15(23)7-3-12)10-16(19)13-4-8-17(21)18(22)11-13/h2-11H,23H2,1H3. The van der Waals surface area contributed by atoms with Crippen molar-refractivity contribution in [3.8, 4) is 16.9 Å². The van der Waals surface area contributed by atoms with Crippen LogP contribution in [0.15, 0.2) is 60.7 Å². The summed E-state index contributed by atoms with van der Waals surface area (Å²) in [5, 5.41) is 0. The van der Waals surface area contributed by atoms with Crippen molar-refractivity contribution in [3.05, 3.63) is 83.4 Å². The van der Waals surface area contributed by atoms with Crippen molar-refractivity contribution in [2.75, 3.05) is 12.8 Å². The van der Waals surface area contributed by atoms with Crippen molar-refractivity contribution >= 4 is 11.5 Å². The fourth-order valence-electron chi connectivity index (χ4n) is 2.54. The molecule has 3 aromatic rings. The lowest BCUT2D eigenvalue weighted by atomic mass is 9.97. The van der Waals surface area contributed by atoms with E-state index in [1.165, 1.54) is 13.2 Å². The van der Waals surface area contributed by atoms with Crippen LogP contribution in [0.25, 0.3) is 11.1 Å². The summed E-state index contributed by atoms with van der Waals surface area (Å²) in [6, 6.07) is 15.0. The fourth-order valence-corrected chi connectivity index (χ4v) is 2.54. The number of carbonyl (C=O) groups excluding carboxylic acids is 1. The lowest BCUT2D eigenvalue weighted by Gasteiger charge is -2.11. The van der Waals surface area contributed by atoms with Crippen LogP contribution in [-0.2, 0) is 0 Å². The molecule has 0 aliphatic carbocycles. The molecule has 5 heteroatoms. The van der Waals surface area contributed by atoms with Gasteiger partial charge in [-0.05, 0) is 60.2 Å². The number of benzene rings is 3. The molecule has 126 valence electrons. The first kappa shape index (κ1) is 16.6. The Hall–Kier alpha value is -3.21. The van der Waals surface area contributed by atoms with Gasteiger partial charge >= 0.3 is 0 Å². The molecule has 0 heterocycles. The van der Waals surface area contributed by atoms with Crippen LogP contribution in [0, 0.1) is 11.6 Å². The van der Waals surface area contributed by atoms with E-state index in [0.29, 0.717) is 33.7 Å². The number of methoxy groups -OCH3 is 1. The lowest BCUT2D eigenvalue weighted by Crippen LogP contribution is -2.02. The molecule has 3 aromatic carbocycles. The van der Waals surface area contributed by atoms with Gasteiger partial charge in [-0.3, -0.25) is 4.79 Å². The molecule has 0 aromatic heterocycles. The number of carbonyl (C=O) groups is 1. The predicted octanol–water partition coefficient (Wildman–Crippen LogP) is 4.45. The Bertz CT molecular complexity index is 937. The van der Waals surface area contributed by atoms with Crippen molar-refractivity contribution in [1.82, 2.24) is 0 Å². The molecule has 0 saturated heterocycles. The number of hydrogen-bond acceptors (Lipinski definition) is 3. The summed E-state index contributed by atoms with van der Waals surface area (Å²) in [4.78, 5) is 12.6. The highest BCUT2D eigenvalue weighted by atomic mass is 19.2. The predicted molar refractivity (Wildman–Crippen MR) is 92.6 cm³/mol. The van der Waals surface area contributed by atoms with Gasteiger partial charge in [-0.25, -0.2) is 8.78 Å². The minimum absolute atomic E-state index is 0.202. The molecule has 3 nitrogen and oxygen atoms in total. The maximum absolute atomic E-state index is 13.6. The summed E-state index contributed by atoms with van der Waals surface area (Å²) in [5.74, 6) is -1.64. The van der Waals surface area contributed by atoms with Gasteiger partial charge in [0.25, 0.3) is 0 Å². The zero-order valence-corrected chi connectivity index (χ0v) is 13.4. The van der Waals surface area contributed by atoms with Crippen LogP contribution in [0.4, 0.5) is 14.5 Å². The van der Waals surface area contributed by atoms with Gasteiger partial charge in [0.05, 0.1) is 7.11 Å². The molecule has 3 rings (SSSR count). The van der Waals surface area contributed by atoms with Gasteiger partial charge in [0.2, 0.25) is 0 Å². The van der Waals surface area contributed by atoms with Crippen LogP contribution in [0.1, 0.15) is 15.9 Å². The molecule has 0 aliphatic rings. The van der Waals surface area contributed by atoms with Crippen molar-refractivity contribution in [2.45, 2.75) is 0 Å². The summed E-state index contributed by atoms with van der Waals surface area (Å²) >= 11 is 0. The second kappa shape index (κ2) is 6.73. The Kier molecular flexibility index (Phi) is 4.48. The summed E-state index contributed by atoms with van der Waals surface area (Å²) < 4.78 is 32.0. The molecular formula is C20H15F2NO2. The van der Waals surface area contributed by atoms with Crippen LogP contribution in [0.3, 0.4) is 0 Å². The number of hydrogen-bond donors (Lipinski definition) is 1. The van der Waals surface area contributed by atoms with Gasteiger partial charge in [0, 0.05) is 22.4 Å². The molecule has 0 unspecified atom stereocenters. The molecule has 0 spiro atoms. The van der Waals surface area contributed by atoms with Crippen molar-refractivity contribution < 1.29 is 18.3 Å². The highest BCUT2D eigenvalue weighted by molar-refractivity contribution is 6.09. The number of ether oxygens (including phenoxy) is 1. The maximum atomic E-state index is 13.6. The number of nitrogen functional groups attached to an aromatic ring is 1. The van der Waals surface area contributed by atoms with Gasteiger partial charge in [0.15, 0.2) is 17.4 Å². The molecular weight excluding hydrogens is 324 g/mol. The number of rotatable bonds is 4. The van der Waals surface area contributed by atoms with Gasteiger partial charge in [-0.2, -0.15) is 0 Å². The Morgan fingerprint density at radius 2 is 1.56 bits per heavy atom. The highest BCUT2D eigenvalue weighted by Gasteiger charge is 2.15. The van der Waals surface area contributed by atoms with Gasteiger partial charge in [-0.1, -0.05) is 6.07 Å². The average Bonchev–Trinajstić information content (AvgIpc) is 2.63. The second-order valence-electron chi connectivity index (χ2n) is 5.50. The summed E-state index contributed by atoms with van der Waals surface area (Å²) in [7, 11) is 1.47. The molecule has 0 saturated carbocycles. The minimum atomic E-state index is -0.963. The van der Waals surface area contributed by atoms with Crippen molar-refractivity contribution in [2.24, 2.45) is 0 Å². The summed E-state index contributed by atoms with van der Waals surface area (Å²) in [6.07, 6.45) is 0. The van der Waals surface area contributed by atoms with Gasteiger partial charge < -0.3 is 10.5 Å². The number of nitrogens with two attached hydrogens (primary N) is 1. The smallest absolute Gasteiger partial charge is 0.193 e. The van der Waals surface area contributed by atoms with E-state index in [4.69, 9.17) is 10.5 Å². The first-order valence-electron chi connectivity index (χ1n) is 7.53. The molecule has 0 fully saturated rings. The second-order valence-corrected chi connectivity index (χ2v) is 5.50. The van der Waals surface area contributed by atoms with Crippen molar-refractivity contribution in [3.63, 3.8) is 0 Å². The Labute approximate surface area is 143 Å². The third kappa shape index (κ3) is 3.35. The van der Waals surface area contributed by atoms with E-state index in [0.717, 1.165) is 12.1 Å². The molecule has 0 atom stereocenters. The fraction of sp³-hybridized carbons (Fsp3) is 0.0500. The zero-order valence-electron chi connectivity index (χ0n) is 13.4. The van der Waals surface area contributed by atoms with Crippen LogP contribution < -0.4 is 10.5 Å². The Morgan fingerprint density at radius 3 is 2.20 bits per heavy atom. The van der Waals surface area contributed by atoms with E-state index in [1.54, 1.807) is 42.5 Å². The van der Waals surface area contributed by atoms with Gasteiger partial charge in [-0.15, -0.1) is 0 Å². The molecule has 2 N–H and O–H groups in total. The first-order valence-corrected chi connectivity index (χ1v) is 7.53. The highest BCUT2D eigenvalue weighted by Crippen LogP contribution is 2.32. The molecule has 0 amide bonds. The van der Waals surface area contributed by atoms with E-state index >= 15 is 0 Å².